The Kier molecular flexibility index (Phi) is 2.49. The van der Waals surface area contributed by atoms with E-state index in [9.17, 15) is 0 Å². The molecule has 4 N–H and O–H groups in total. The third kappa shape index (κ3) is 2.03. The quantitative estimate of drug-likeness (QED) is 0.681. The van der Waals surface area contributed by atoms with E-state index in [-0.39, 0.29) is 11.8 Å². The Hall–Kier alpha value is -2.76. The number of nitrogens with two attached hydrogens (primary N) is 2. The molecule has 0 aliphatic rings. The van der Waals surface area contributed by atoms with Crippen LogP contribution in [0.4, 0.5) is 11.8 Å². The van der Waals surface area contributed by atoms with Crippen LogP contribution < -0.4 is 11.5 Å². The third-order valence-corrected chi connectivity index (χ3v) is 2.80. The van der Waals surface area contributed by atoms with E-state index in [0.717, 1.165) is 11.3 Å². The van der Waals surface area contributed by atoms with Crippen LogP contribution in [-0.4, -0.2) is 19.9 Å². The maximum absolute atomic E-state index is 5.79. The van der Waals surface area contributed by atoms with Gasteiger partial charge in [-0.25, -0.2) is 9.97 Å². The standard InChI is InChI=1S/C13H12N6/c1-7-2-4-8(5-3-7)9-6-16-12-10(17-9)11(14)18-13(15)19-12/h2-6H,1H3,(H4,14,15,16,18,19). The molecule has 94 valence electrons. The van der Waals surface area contributed by atoms with Crippen LogP contribution in [0.5, 0.6) is 0 Å². The van der Waals surface area contributed by atoms with Crippen LogP contribution in [-0.2, 0) is 0 Å². The van der Waals surface area contributed by atoms with E-state index in [4.69, 9.17) is 11.5 Å². The van der Waals surface area contributed by atoms with Gasteiger partial charge in [-0.2, -0.15) is 9.97 Å². The van der Waals surface area contributed by atoms with Crippen molar-refractivity contribution in [2.45, 2.75) is 6.92 Å². The summed E-state index contributed by atoms with van der Waals surface area (Å²) in [5, 5.41) is 0. The lowest BCUT2D eigenvalue weighted by atomic mass is 10.1. The molecule has 0 unspecified atom stereocenters. The second-order valence-corrected chi connectivity index (χ2v) is 4.26. The zero-order chi connectivity index (χ0) is 13.4. The van der Waals surface area contributed by atoms with Crippen LogP contribution in [0.3, 0.4) is 0 Å². The van der Waals surface area contributed by atoms with E-state index in [1.807, 2.05) is 31.2 Å². The molecule has 6 nitrogen and oxygen atoms in total. The molecule has 0 saturated carbocycles. The van der Waals surface area contributed by atoms with Crippen molar-refractivity contribution in [2.24, 2.45) is 0 Å². The average Bonchev–Trinajstić information content (AvgIpc) is 2.39. The van der Waals surface area contributed by atoms with Crippen molar-refractivity contribution in [2.75, 3.05) is 11.5 Å². The molecule has 0 fully saturated rings. The van der Waals surface area contributed by atoms with E-state index in [2.05, 4.69) is 19.9 Å². The van der Waals surface area contributed by atoms with E-state index in [0.29, 0.717) is 11.2 Å². The van der Waals surface area contributed by atoms with Gasteiger partial charge in [-0.15, -0.1) is 0 Å². The van der Waals surface area contributed by atoms with Crippen LogP contribution in [0.25, 0.3) is 22.4 Å². The van der Waals surface area contributed by atoms with Crippen molar-refractivity contribution in [3.63, 3.8) is 0 Å². The number of aromatic nitrogens is 4. The summed E-state index contributed by atoms with van der Waals surface area (Å²) < 4.78 is 0. The van der Waals surface area contributed by atoms with Crippen LogP contribution in [0.15, 0.2) is 30.5 Å². The molecule has 3 aromatic rings. The number of nitrogens with zero attached hydrogens (tertiary/aromatic N) is 4. The summed E-state index contributed by atoms with van der Waals surface area (Å²) in [6.07, 6.45) is 1.65. The number of hydrogen-bond donors (Lipinski definition) is 2. The molecule has 6 heteroatoms. The van der Waals surface area contributed by atoms with Gasteiger partial charge in [0.05, 0.1) is 11.9 Å². The fourth-order valence-corrected chi connectivity index (χ4v) is 1.81. The zero-order valence-corrected chi connectivity index (χ0v) is 10.3. The molecular weight excluding hydrogens is 240 g/mol. The average molecular weight is 252 g/mol. The lowest BCUT2D eigenvalue weighted by Gasteiger charge is -2.04. The lowest BCUT2D eigenvalue weighted by Crippen LogP contribution is -2.03. The Morgan fingerprint density at radius 2 is 1.68 bits per heavy atom. The predicted molar refractivity (Wildman–Crippen MR) is 74.1 cm³/mol. The molecule has 0 atom stereocenters. The minimum absolute atomic E-state index is 0.0994. The number of benzene rings is 1. The molecule has 0 amide bonds. The van der Waals surface area contributed by atoms with Gasteiger partial charge in [0.2, 0.25) is 5.95 Å². The van der Waals surface area contributed by atoms with Crippen LogP contribution in [0.2, 0.25) is 0 Å². The molecule has 0 aliphatic heterocycles. The van der Waals surface area contributed by atoms with Crippen molar-refractivity contribution >= 4 is 22.9 Å². The summed E-state index contributed by atoms with van der Waals surface area (Å²) in [7, 11) is 0. The number of rotatable bonds is 1. The van der Waals surface area contributed by atoms with Crippen molar-refractivity contribution in [3.8, 4) is 11.3 Å². The number of aryl methyl sites for hydroxylation is 1. The van der Waals surface area contributed by atoms with Gasteiger partial charge in [0, 0.05) is 5.56 Å². The molecular formula is C13H12N6. The highest BCUT2D eigenvalue weighted by atomic mass is 15.1. The fourth-order valence-electron chi connectivity index (χ4n) is 1.81. The van der Waals surface area contributed by atoms with Gasteiger partial charge in [-0.3, -0.25) is 0 Å². The number of fused-ring (bicyclic) bond motifs is 1. The Bertz CT molecular complexity index is 751. The molecule has 3 rings (SSSR count). The van der Waals surface area contributed by atoms with Gasteiger partial charge in [-0.05, 0) is 6.92 Å². The Labute approximate surface area is 109 Å². The summed E-state index contributed by atoms with van der Waals surface area (Å²) in [4.78, 5) is 16.6. The topological polar surface area (TPSA) is 104 Å². The number of anilines is 2. The summed E-state index contributed by atoms with van der Waals surface area (Å²) in [5.41, 5.74) is 15.1. The highest BCUT2D eigenvalue weighted by Crippen LogP contribution is 2.21. The molecule has 0 radical (unpaired) electrons. The molecule has 0 spiro atoms. The van der Waals surface area contributed by atoms with Crippen LogP contribution >= 0.6 is 0 Å². The van der Waals surface area contributed by atoms with Gasteiger partial charge in [0.15, 0.2) is 17.0 Å². The van der Waals surface area contributed by atoms with Crippen molar-refractivity contribution in [1.29, 1.82) is 0 Å². The summed E-state index contributed by atoms with van der Waals surface area (Å²) in [5.74, 6) is 0.339. The molecule has 0 saturated heterocycles. The maximum Gasteiger partial charge on any atom is 0.224 e. The first-order valence-corrected chi connectivity index (χ1v) is 5.76. The first kappa shape index (κ1) is 11.3. The minimum Gasteiger partial charge on any atom is -0.382 e. The lowest BCUT2D eigenvalue weighted by molar-refractivity contribution is 1.17. The van der Waals surface area contributed by atoms with Crippen LogP contribution in [0, 0.1) is 6.92 Å². The van der Waals surface area contributed by atoms with Gasteiger partial charge >= 0.3 is 0 Å². The first-order valence-electron chi connectivity index (χ1n) is 5.76. The second-order valence-electron chi connectivity index (χ2n) is 4.26. The van der Waals surface area contributed by atoms with Gasteiger partial charge in [0.25, 0.3) is 0 Å². The van der Waals surface area contributed by atoms with Crippen molar-refractivity contribution in [3.05, 3.63) is 36.0 Å². The van der Waals surface area contributed by atoms with Crippen molar-refractivity contribution < 1.29 is 0 Å². The predicted octanol–water partition coefficient (Wildman–Crippen LogP) is 1.56. The van der Waals surface area contributed by atoms with Gasteiger partial charge in [-0.1, -0.05) is 29.8 Å². The fraction of sp³-hybridized carbons (Fsp3) is 0.0769. The normalized spacial score (nSPS) is 10.8. The summed E-state index contributed by atoms with van der Waals surface area (Å²) >= 11 is 0. The summed E-state index contributed by atoms with van der Waals surface area (Å²) in [6.45, 7) is 2.03. The first-order chi connectivity index (χ1) is 9.13. The second kappa shape index (κ2) is 4.16. The number of nitrogen functional groups attached to an aromatic ring is 2. The minimum atomic E-state index is 0.0994. The van der Waals surface area contributed by atoms with Gasteiger partial charge in [0.1, 0.15) is 0 Å². The smallest absolute Gasteiger partial charge is 0.224 e. The van der Waals surface area contributed by atoms with E-state index in [1.165, 1.54) is 5.56 Å². The highest BCUT2D eigenvalue weighted by Gasteiger charge is 2.08. The Morgan fingerprint density at radius 1 is 0.947 bits per heavy atom. The molecule has 19 heavy (non-hydrogen) atoms. The Morgan fingerprint density at radius 3 is 2.42 bits per heavy atom. The van der Waals surface area contributed by atoms with Crippen LogP contribution in [0.1, 0.15) is 5.56 Å². The Balaban J connectivity index is 2.19. The summed E-state index contributed by atoms with van der Waals surface area (Å²) in [6, 6.07) is 8.01. The maximum atomic E-state index is 5.79. The van der Waals surface area contributed by atoms with Gasteiger partial charge < -0.3 is 11.5 Å². The van der Waals surface area contributed by atoms with Crippen molar-refractivity contribution in [1.82, 2.24) is 19.9 Å². The van der Waals surface area contributed by atoms with E-state index in [1.54, 1.807) is 6.20 Å². The molecule has 2 heterocycles. The van der Waals surface area contributed by atoms with E-state index < -0.39 is 0 Å². The molecule has 2 aromatic heterocycles. The molecule has 0 bridgehead atoms. The molecule has 1 aromatic carbocycles. The molecule has 0 aliphatic carbocycles. The number of hydrogen-bond acceptors (Lipinski definition) is 6. The largest absolute Gasteiger partial charge is 0.382 e. The zero-order valence-electron chi connectivity index (χ0n) is 10.3. The SMILES string of the molecule is Cc1ccc(-c2cnc3nc(N)nc(N)c3n2)cc1. The highest BCUT2D eigenvalue weighted by molar-refractivity contribution is 5.83. The monoisotopic (exact) mass is 252 g/mol. The van der Waals surface area contributed by atoms with E-state index >= 15 is 0 Å². The third-order valence-electron chi connectivity index (χ3n) is 2.80.